The van der Waals surface area contributed by atoms with Crippen LogP contribution < -0.4 is 5.32 Å². The number of amides is 2. The molecular weight excluding hydrogens is 343 g/mol. The Morgan fingerprint density at radius 1 is 1.19 bits per heavy atom. The SMILES string of the molecule is CCN1C(=O)CC[C@@H](C(=O)NCc2ccc(C)cc2)[C@@H]1c1ccccc1F. The van der Waals surface area contributed by atoms with E-state index in [0.717, 1.165) is 11.1 Å². The smallest absolute Gasteiger partial charge is 0.225 e. The van der Waals surface area contributed by atoms with Gasteiger partial charge in [0, 0.05) is 25.1 Å². The third-order valence-electron chi connectivity index (χ3n) is 5.20. The zero-order valence-corrected chi connectivity index (χ0v) is 15.7. The maximum absolute atomic E-state index is 14.5. The van der Waals surface area contributed by atoms with Crippen LogP contribution in [0.4, 0.5) is 4.39 Å². The molecule has 1 heterocycles. The molecular formula is C22H25FN2O2. The van der Waals surface area contributed by atoms with Gasteiger partial charge in [-0.05, 0) is 31.9 Å². The molecule has 1 fully saturated rings. The van der Waals surface area contributed by atoms with Crippen molar-refractivity contribution in [2.75, 3.05) is 6.54 Å². The normalized spacial score (nSPS) is 19.8. The summed E-state index contributed by atoms with van der Waals surface area (Å²) >= 11 is 0. The summed E-state index contributed by atoms with van der Waals surface area (Å²) in [5.74, 6) is -1.03. The molecule has 1 aliphatic heterocycles. The van der Waals surface area contributed by atoms with Crippen molar-refractivity contribution in [1.82, 2.24) is 10.2 Å². The topological polar surface area (TPSA) is 49.4 Å². The van der Waals surface area contributed by atoms with Crippen LogP contribution in [0, 0.1) is 18.7 Å². The predicted octanol–water partition coefficient (Wildman–Crippen LogP) is 3.75. The van der Waals surface area contributed by atoms with Crippen LogP contribution in [0.15, 0.2) is 48.5 Å². The summed E-state index contributed by atoms with van der Waals surface area (Å²) in [5.41, 5.74) is 2.58. The van der Waals surface area contributed by atoms with Crippen LogP contribution in [-0.2, 0) is 16.1 Å². The van der Waals surface area contributed by atoms with Crippen molar-refractivity contribution in [2.45, 2.75) is 39.3 Å². The maximum atomic E-state index is 14.5. The van der Waals surface area contributed by atoms with E-state index in [1.807, 2.05) is 38.1 Å². The number of halogens is 1. The summed E-state index contributed by atoms with van der Waals surface area (Å²) in [7, 11) is 0. The molecule has 2 amide bonds. The van der Waals surface area contributed by atoms with E-state index < -0.39 is 12.0 Å². The van der Waals surface area contributed by atoms with Crippen LogP contribution in [0.3, 0.4) is 0 Å². The number of carbonyl (C=O) groups is 2. The van der Waals surface area contributed by atoms with Gasteiger partial charge in [-0.3, -0.25) is 9.59 Å². The second-order valence-corrected chi connectivity index (χ2v) is 6.99. The van der Waals surface area contributed by atoms with Crippen molar-refractivity contribution >= 4 is 11.8 Å². The second kappa shape index (κ2) is 8.33. The molecule has 0 unspecified atom stereocenters. The second-order valence-electron chi connectivity index (χ2n) is 6.99. The molecule has 2 aromatic rings. The molecule has 0 aliphatic carbocycles. The Morgan fingerprint density at radius 3 is 2.56 bits per heavy atom. The standard InChI is InChI=1S/C22H25FN2O2/c1-3-25-20(26)13-12-18(21(25)17-6-4-5-7-19(17)23)22(27)24-14-16-10-8-15(2)9-11-16/h4-11,18,21H,3,12-14H2,1-2H3,(H,24,27)/t18-,21+/m1/s1. The molecule has 1 aliphatic rings. The van der Waals surface area contributed by atoms with Crippen molar-refractivity contribution < 1.29 is 14.0 Å². The van der Waals surface area contributed by atoms with E-state index >= 15 is 0 Å². The summed E-state index contributed by atoms with van der Waals surface area (Å²) < 4.78 is 14.5. The largest absolute Gasteiger partial charge is 0.352 e. The number of rotatable bonds is 5. The summed E-state index contributed by atoms with van der Waals surface area (Å²) in [6, 6.07) is 13.8. The molecule has 2 atom stereocenters. The molecule has 1 N–H and O–H groups in total. The minimum absolute atomic E-state index is 0.0339. The van der Waals surface area contributed by atoms with Crippen molar-refractivity contribution in [3.63, 3.8) is 0 Å². The quantitative estimate of drug-likeness (QED) is 0.874. The van der Waals surface area contributed by atoms with Gasteiger partial charge in [-0.1, -0.05) is 48.0 Å². The van der Waals surface area contributed by atoms with Crippen LogP contribution in [0.25, 0.3) is 0 Å². The molecule has 142 valence electrons. The highest BCUT2D eigenvalue weighted by atomic mass is 19.1. The first-order chi connectivity index (χ1) is 13.0. The summed E-state index contributed by atoms with van der Waals surface area (Å²) in [4.78, 5) is 26.9. The number of piperidine rings is 1. The lowest BCUT2D eigenvalue weighted by molar-refractivity contribution is -0.143. The van der Waals surface area contributed by atoms with E-state index in [1.54, 1.807) is 23.1 Å². The molecule has 0 spiro atoms. The van der Waals surface area contributed by atoms with Gasteiger partial charge in [0.05, 0.1) is 12.0 Å². The summed E-state index contributed by atoms with van der Waals surface area (Å²) in [5, 5.41) is 2.97. The Morgan fingerprint density at radius 2 is 1.89 bits per heavy atom. The predicted molar refractivity (Wildman–Crippen MR) is 102 cm³/mol. The molecule has 2 aromatic carbocycles. The molecule has 1 saturated heterocycles. The van der Waals surface area contributed by atoms with E-state index in [-0.39, 0.29) is 17.6 Å². The van der Waals surface area contributed by atoms with E-state index in [1.165, 1.54) is 6.07 Å². The number of carbonyl (C=O) groups excluding carboxylic acids is 2. The van der Waals surface area contributed by atoms with Crippen LogP contribution in [0.1, 0.15) is 42.5 Å². The molecule has 0 aromatic heterocycles. The van der Waals surface area contributed by atoms with E-state index in [0.29, 0.717) is 31.5 Å². The van der Waals surface area contributed by atoms with E-state index in [2.05, 4.69) is 5.32 Å². The average Bonchev–Trinajstić information content (AvgIpc) is 2.67. The monoisotopic (exact) mass is 368 g/mol. The number of aryl methyl sites for hydroxylation is 1. The van der Waals surface area contributed by atoms with Gasteiger partial charge in [0.15, 0.2) is 0 Å². The van der Waals surface area contributed by atoms with Crippen molar-refractivity contribution in [1.29, 1.82) is 0 Å². The number of nitrogens with one attached hydrogen (secondary N) is 1. The molecule has 5 heteroatoms. The highest BCUT2D eigenvalue weighted by molar-refractivity contribution is 5.85. The van der Waals surface area contributed by atoms with Crippen molar-refractivity contribution in [2.24, 2.45) is 5.92 Å². The number of hydrogen-bond acceptors (Lipinski definition) is 2. The fourth-order valence-electron chi connectivity index (χ4n) is 3.73. The summed E-state index contributed by atoms with van der Waals surface area (Å²) in [6.45, 7) is 4.73. The van der Waals surface area contributed by atoms with Crippen LogP contribution in [0.5, 0.6) is 0 Å². The van der Waals surface area contributed by atoms with Gasteiger partial charge in [0.1, 0.15) is 5.82 Å². The number of benzene rings is 2. The fraction of sp³-hybridized carbons (Fsp3) is 0.364. The van der Waals surface area contributed by atoms with Gasteiger partial charge in [0.2, 0.25) is 11.8 Å². The summed E-state index contributed by atoms with van der Waals surface area (Å²) in [6.07, 6.45) is 0.732. The molecule has 0 radical (unpaired) electrons. The van der Waals surface area contributed by atoms with Crippen LogP contribution in [-0.4, -0.2) is 23.3 Å². The zero-order chi connectivity index (χ0) is 19.4. The molecule has 0 saturated carbocycles. The van der Waals surface area contributed by atoms with E-state index in [9.17, 15) is 14.0 Å². The fourth-order valence-corrected chi connectivity index (χ4v) is 3.73. The Balaban J connectivity index is 1.82. The average molecular weight is 368 g/mol. The number of nitrogens with zero attached hydrogens (tertiary/aromatic N) is 1. The highest BCUT2D eigenvalue weighted by Gasteiger charge is 2.40. The third kappa shape index (κ3) is 4.18. The first-order valence-corrected chi connectivity index (χ1v) is 9.38. The van der Waals surface area contributed by atoms with Crippen LogP contribution >= 0.6 is 0 Å². The van der Waals surface area contributed by atoms with Crippen molar-refractivity contribution in [3.8, 4) is 0 Å². The molecule has 27 heavy (non-hydrogen) atoms. The van der Waals surface area contributed by atoms with Gasteiger partial charge in [-0.2, -0.15) is 0 Å². The van der Waals surface area contributed by atoms with Gasteiger partial charge >= 0.3 is 0 Å². The van der Waals surface area contributed by atoms with E-state index in [4.69, 9.17) is 0 Å². The lowest BCUT2D eigenvalue weighted by atomic mass is 9.83. The van der Waals surface area contributed by atoms with Crippen molar-refractivity contribution in [3.05, 3.63) is 71.0 Å². The molecule has 0 bridgehead atoms. The first-order valence-electron chi connectivity index (χ1n) is 9.38. The first kappa shape index (κ1) is 19.1. The highest BCUT2D eigenvalue weighted by Crippen LogP contribution is 2.37. The molecule has 3 rings (SSSR count). The Bertz CT molecular complexity index is 819. The minimum Gasteiger partial charge on any atom is -0.352 e. The number of likely N-dealkylation sites (tertiary alicyclic amines) is 1. The minimum atomic E-state index is -0.574. The lowest BCUT2D eigenvalue weighted by Gasteiger charge is -2.40. The van der Waals surface area contributed by atoms with Gasteiger partial charge < -0.3 is 10.2 Å². The Hall–Kier alpha value is -2.69. The maximum Gasteiger partial charge on any atom is 0.225 e. The zero-order valence-electron chi connectivity index (χ0n) is 15.7. The molecule has 4 nitrogen and oxygen atoms in total. The Kier molecular flexibility index (Phi) is 5.89. The lowest BCUT2D eigenvalue weighted by Crippen LogP contribution is -2.48. The van der Waals surface area contributed by atoms with Crippen LogP contribution in [0.2, 0.25) is 0 Å². The Labute approximate surface area is 159 Å². The third-order valence-corrected chi connectivity index (χ3v) is 5.20. The van der Waals surface area contributed by atoms with Gasteiger partial charge in [-0.25, -0.2) is 4.39 Å². The van der Waals surface area contributed by atoms with Gasteiger partial charge in [-0.15, -0.1) is 0 Å². The van der Waals surface area contributed by atoms with Gasteiger partial charge in [0.25, 0.3) is 0 Å². The number of hydrogen-bond donors (Lipinski definition) is 1.